The Morgan fingerprint density at radius 2 is 2.21 bits per heavy atom. The minimum atomic E-state index is -0.113. The Hall–Kier alpha value is -1.88. The van der Waals surface area contributed by atoms with Crippen molar-refractivity contribution in [3.63, 3.8) is 0 Å². The first-order valence-electron chi connectivity index (χ1n) is 6.35. The van der Waals surface area contributed by atoms with Crippen molar-refractivity contribution in [2.45, 2.75) is 19.4 Å². The maximum absolute atomic E-state index is 12.0. The van der Waals surface area contributed by atoms with E-state index in [2.05, 4.69) is 10.6 Å². The van der Waals surface area contributed by atoms with Gasteiger partial charge in [-0.25, -0.2) is 0 Å². The highest BCUT2D eigenvalue weighted by Gasteiger charge is 2.19. The summed E-state index contributed by atoms with van der Waals surface area (Å²) in [6.45, 7) is 2.64. The van der Waals surface area contributed by atoms with Crippen molar-refractivity contribution in [2.24, 2.45) is 0 Å². The fourth-order valence-corrected chi connectivity index (χ4v) is 1.88. The van der Waals surface area contributed by atoms with Crippen LogP contribution in [-0.2, 0) is 11.2 Å². The van der Waals surface area contributed by atoms with Gasteiger partial charge in [-0.05, 0) is 38.7 Å². The van der Waals surface area contributed by atoms with Gasteiger partial charge in [-0.3, -0.25) is 9.59 Å². The Balaban J connectivity index is 2.01. The highest BCUT2D eigenvalue weighted by atomic mass is 16.2. The molecule has 1 aromatic carbocycles. The molecule has 1 unspecified atom stereocenters. The topological polar surface area (TPSA) is 61.4 Å². The molecule has 1 aromatic rings. The molecule has 102 valence electrons. The maximum Gasteiger partial charge on any atom is 0.251 e. The first-order chi connectivity index (χ1) is 8.97. The van der Waals surface area contributed by atoms with Gasteiger partial charge in [0.2, 0.25) is 5.91 Å². The second-order valence-electron chi connectivity index (χ2n) is 5.12. The molecule has 0 radical (unpaired) electrons. The summed E-state index contributed by atoms with van der Waals surface area (Å²) >= 11 is 0. The van der Waals surface area contributed by atoms with Gasteiger partial charge in [-0.2, -0.15) is 0 Å². The van der Waals surface area contributed by atoms with E-state index in [1.807, 2.05) is 32.0 Å². The normalized spacial score (nSPS) is 15.1. The lowest BCUT2D eigenvalue weighted by Crippen LogP contribution is -2.38. The van der Waals surface area contributed by atoms with Crippen molar-refractivity contribution in [1.29, 1.82) is 0 Å². The molecule has 2 rings (SSSR count). The minimum absolute atomic E-state index is 0.0196. The Morgan fingerprint density at radius 1 is 1.47 bits per heavy atom. The van der Waals surface area contributed by atoms with E-state index in [1.165, 1.54) is 0 Å². The molecule has 0 bridgehead atoms. The first kappa shape index (κ1) is 13.5. The zero-order chi connectivity index (χ0) is 14.0. The Bertz CT molecular complexity index is 511. The van der Waals surface area contributed by atoms with E-state index >= 15 is 0 Å². The molecule has 5 nitrogen and oxygen atoms in total. The Kier molecular flexibility index (Phi) is 3.85. The number of nitrogens with one attached hydrogen (secondary N) is 2. The number of amides is 2. The molecule has 0 aromatic heterocycles. The number of fused-ring (bicyclic) bond motifs is 1. The van der Waals surface area contributed by atoms with Crippen LogP contribution in [0.15, 0.2) is 18.2 Å². The molecule has 5 heteroatoms. The Labute approximate surface area is 113 Å². The van der Waals surface area contributed by atoms with E-state index in [1.54, 1.807) is 12.1 Å². The number of likely N-dealkylation sites (N-methyl/N-ethyl adjacent to an activating group) is 1. The van der Waals surface area contributed by atoms with Crippen molar-refractivity contribution in [3.8, 4) is 0 Å². The Morgan fingerprint density at radius 3 is 2.89 bits per heavy atom. The minimum Gasteiger partial charge on any atom is -0.350 e. The predicted octanol–water partition coefficient (Wildman–Crippen LogP) is 0.861. The molecule has 0 saturated carbocycles. The highest BCUT2D eigenvalue weighted by molar-refractivity contribution is 6.02. The number of anilines is 1. The molecule has 19 heavy (non-hydrogen) atoms. The van der Waals surface area contributed by atoms with Crippen molar-refractivity contribution in [1.82, 2.24) is 10.2 Å². The van der Waals surface area contributed by atoms with Crippen LogP contribution >= 0.6 is 0 Å². The summed E-state index contributed by atoms with van der Waals surface area (Å²) in [6, 6.07) is 5.60. The zero-order valence-corrected chi connectivity index (χ0v) is 11.5. The van der Waals surface area contributed by atoms with Gasteiger partial charge in [0.1, 0.15) is 0 Å². The average Bonchev–Trinajstić information content (AvgIpc) is 2.74. The van der Waals surface area contributed by atoms with Gasteiger partial charge in [0.25, 0.3) is 5.91 Å². The van der Waals surface area contributed by atoms with Gasteiger partial charge in [-0.1, -0.05) is 6.07 Å². The summed E-state index contributed by atoms with van der Waals surface area (Å²) in [7, 11) is 3.95. The second-order valence-corrected chi connectivity index (χ2v) is 5.12. The van der Waals surface area contributed by atoms with Gasteiger partial charge in [-0.15, -0.1) is 0 Å². The highest BCUT2D eigenvalue weighted by Crippen LogP contribution is 2.23. The van der Waals surface area contributed by atoms with Crippen molar-refractivity contribution in [2.75, 3.05) is 26.0 Å². The first-order valence-corrected chi connectivity index (χ1v) is 6.35. The van der Waals surface area contributed by atoms with Crippen molar-refractivity contribution >= 4 is 17.5 Å². The van der Waals surface area contributed by atoms with Crippen LogP contribution in [0.1, 0.15) is 22.8 Å². The lowest BCUT2D eigenvalue weighted by molar-refractivity contribution is -0.115. The average molecular weight is 261 g/mol. The molecular formula is C14H19N3O2. The van der Waals surface area contributed by atoms with Crippen LogP contribution in [0, 0.1) is 0 Å². The zero-order valence-electron chi connectivity index (χ0n) is 11.5. The summed E-state index contributed by atoms with van der Waals surface area (Å²) in [4.78, 5) is 25.3. The third-order valence-corrected chi connectivity index (χ3v) is 3.44. The number of carbonyl (C=O) groups excluding carboxylic acids is 2. The van der Waals surface area contributed by atoms with Crippen LogP contribution in [0.2, 0.25) is 0 Å². The van der Waals surface area contributed by atoms with Crippen LogP contribution in [0.4, 0.5) is 5.69 Å². The van der Waals surface area contributed by atoms with Gasteiger partial charge in [0, 0.05) is 23.8 Å². The van der Waals surface area contributed by atoms with E-state index in [0.717, 1.165) is 11.3 Å². The standard InChI is InChI=1S/C14H19N3O2/c1-9(17(2)3)8-15-14(19)11-5-4-10-7-13(18)16-12(10)6-11/h4-6,9H,7-8H2,1-3H3,(H,15,19)(H,16,18). The van der Waals surface area contributed by atoms with Crippen LogP contribution in [0.25, 0.3) is 0 Å². The van der Waals surface area contributed by atoms with E-state index in [0.29, 0.717) is 18.5 Å². The lowest BCUT2D eigenvalue weighted by Gasteiger charge is -2.20. The number of nitrogens with zero attached hydrogens (tertiary/aromatic N) is 1. The SMILES string of the molecule is CC(CNC(=O)c1ccc2c(c1)NC(=O)C2)N(C)C. The summed E-state index contributed by atoms with van der Waals surface area (Å²) in [5.41, 5.74) is 2.27. The summed E-state index contributed by atoms with van der Waals surface area (Å²) < 4.78 is 0. The molecule has 0 fully saturated rings. The molecular weight excluding hydrogens is 242 g/mol. The van der Waals surface area contributed by atoms with Gasteiger partial charge >= 0.3 is 0 Å². The number of rotatable bonds is 4. The molecule has 1 heterocycles. The third kappa shape index (κ3) is 3.12. The molecule has 1 atom stereocenters. The molecule has 0 spiro atoms. The molecule has 2 amide bonds. The van der Waals surface area contributed by atoms with E-state index in [-0.39, 0.29) is 17.9 Å². The van der Waals surface area contributed by atoms with Gasteiger partial charge in [0.15, 0.2) is 0 Å². The predicted molar refractivity (Wildman–Crippen MR) is 74.3 cm³/mol. The van der Waals surface area contributed by atoms with Crippen LogP contribution in [0.5, 0.6) is 0 Å². The van der Waals surface area contributed by atoms with Crippen molar-refractivity contribution < 1.29 is 9.59 Å². The summed E-state index contributed by atoms with van der Waals surface area (Å²) in [6.07, 6.45) is 0.398. The van der Waals surface area contributed by atoms with Crippen LogP contribution in [0.3, 0.4) is 0 Å². The number of hydrogen-bond donors (Lipinski definition) is 2. The molecule has 1 aliphatic heterocycles. The van der Waals surface area contributed by atoms with E-state index < -0.39 is 0 Å². The summed E-state index contributed by atoms with van der Waals surface area (Å²) in [5.74, 6) is -0.133. The van der Waals surface area contributed by atoms with E-state index in [4.69, 9.17) is 0 Å². The van der Waals surface area contributed by atoms with Gasteiger partial charge in [0.05, 0.1) is 6.42 Å². The molecule has 0 aliphatic carbocycles. The molecule has 1 aliphatic rings. The quantitative estimate of drug-likeness (QED) is 0.845. The number of hydrogen-bond acceptors (Lipinski definition) is 3. The number of benzene rings is 1. The monoisotopic (exact) mass is 261 g/mol. The fraction of sp³-hybridized carbons (Fsp3) is 0.429. The molecule has 2 N–H and O–H groups in total. The fourth-order valence-electron chi connectivity index (χ4n) is 1.88. The van der Waals surface area contributed by atoms with Crippen LogP contribution < -0.4 is 10.6 Å². The van der Waals surface area contributed by atoms with Gasteiger partial charge < -0.3 is 15.5 Å². The third-order valence-electron chi connectivity index (χ3n) is 3.44. The van der Waals surface area contributed by atoms with Crippen LogP contribution in [-0.4, -0.2) is 43.4 Å². The number of carbonyl (C=O) groups is 2. The van der Waals surface area contributed by atoms with Crippen molar-refractivity contribution in [3.05, 3.63) is 29.3 Å². The van der Waals surface area contributed by atoms with E-state index in [9.17, 15) is 9.59 Å². The molecule has 0 saturated heterocycles. The summed E-state index contributed by atoms with van der Waals surface area (Å²) in [5, 5.41) is 5.64. The smallest absolute Gasteiger partial charge is 0.251 e. The second kappa shape index (κ2) is 5.40. The lowest BCUT2D eigenvalue weighted by atomic mass is 10.1. The maximum atomic E-state index is 12.0. The largest absolute Gasteiger partial charge is 0.350 e.